The molecule has 0 amide bonds. The molecule has 0 atom stereocenters. The quantitative estimate of drug-likeness (QED) is 0.731. The highest BCUT2D eigenvalue weighted by Crippen LogP contribution is 2.28. The lowest BCUT2D eigenvalue weighted by Gasteiger charge is -2.11. The van der Waals surface area contributed by atoms with Gasteiger partial charge < -0.3 is 9.73 Å². The van der Waals surface area contributed by atoms with Gasteiger partial charge in [-0.1, -0.05) is 6.92 Å². The molecular formula is C19H23N3O. The molecule has 0 spiro atoms. The SMILES string of the molecule is CCCN=c1cc2oc3cc(NCC)c(C)cc3nc-2cc1C. The largest absolute Gasteiger partial charge is 0.453 e. The third kappa shape index (κ3) is 3.07. The van der Waals surface area contributed by atoms with Gasteiger partial charge in [-0.05, 0) is 50.5 Å². The lowest BCUT2D eigenvalue weighted by Crippen LogP contribution is -2.09. The molecule has 0 saturated heterocycles. The highest BCUT2D eigenvalue weighted by molar-refractivity contribution is 5.81. The average Bonchev–Trinajstić information content (AvgIpc) is 2.52. The monoisotopic (exact) mass is 309 g/mol. The van der Waals surface area contributed by atoms with Gasteiger partial charge in [0.2, 0.25) is 0 Å². The van der Waals surface area contributed by atoms with Gasteiger partial charge in [-0.3, -0.25) is 4.99 Å². The average molecular weight is 309 g/mol. The molecule has 3 rings (SSSR count). The van der Waals surface area contributed by atoms with Crippen LogP contribution in [0.4, 0.5) is 5.69 Å². The summed E-state index contributed by atoms with van der Waals surface area (Å²) in [6, 6.07) is 8.16. The van der Waals surface area contributed by atoms with Crippen molar-refractivity contribution >= 4 is 16.8 Å². The van der Waals surface area contributed by atoms with E-state index in [9.17, 15) is 0 Å². The summed E-state index contributed by atoms with van der Waals surface area (Å²) in [6.07, 6.45) is 1.04. The second-order valence-corrected chi connectivity index (χ2v) is 5.87. The van der Waals surface area contributed by atoms with E-state index >= 15 is 0 Å². The van der Waals surface area contributed by atoms with Crippen LogP contribution in [-0.4, -0.2) is 18.1 Å². The van der Waals surface area contributed by atoms with Gasteiger partial charge in [-0.25, -0.2) is 4.98 Å². The molecule has 4 heteroatoms. The minimum atomic E-state index is 0.782. The number of rotatable bonds is 4. The Morgan fingerprint density at radius 2 is 1.91 bits per heavy atom. The zero-order valence-electron chi connectivity index (χ0n) is 14.2. The molecule has 1 aliphatic carbocycles. The summed E-state index contributed by atoms with van der Waals surface area (Å²) in [5.41, 5.74) is 5.95. The number of hydrogen-bond acceptors (Lipinski definition) is 4. The molecule has 0 aromatic heterocycles. The molecule has 0 unspecified atom stereocenters. The van der Waals surface area contributed by atoms with Gasteiger partial charge in [0.15, 0.2) is 11.3 Å². The van der Waals surface area contributed by atoms with E-state index in [2.05, 4.69) is 50.1 Å². The molecule has 4 nitrogen and oxygen atoms in total. The maximum absolute atomic E-state index is 6.10. The van der Waals surface area contributed by atoms with Crippen LogP contribution in [0.15, 0.2) is 33.7 Å². The standard InChI is InChI=1S/C19H23N3O/c1-5-7-21-15-11-19-17(9-13(15)4)22-16-8-12(3)14(20-6-2)10-18(16)23-19/h8-11,20H,5-7H2,1-4H3. The van der Waals surface area contributed by atoms with Crippen LogP contribution < -0.4 is 10.7 Å². The van der Waals surface area contributed by atoms with E-state index in [1.807, 2.05) is 12.1 Å². The molecule has 1 N–H and O–H groups in total. The van der Waals surface area contributed by atoms with Crippen molar-refractivity contribution in [3.05, 3.63) is 40.7 Å². The summed E-state index contributed by atoms with van der Waals surface area (Å²) >= 11 is 0. The van der Waals surface area contributed by atoms with E-state index in [-0.39, 0.29) is 0 Å². The number of aryl methyl sites for hydroxylation is 2. The molecular weight excluding hydrogens is 286 g/mol. The second kappa shape index (κ2) is 6.41. The Morgan fingerprint density at radius 3 is 2.65 bits per heavy atom. The minimum Gasteiger partial charge on any atom is -0.453 e. The first-order chi connectivity index (χ1) is 11.1. The summed E-state index contributed by atoms with van der Waals surface area (Å²) < 4.78 is 6.10. The molecule has 0 bridgehead atoms. The highest BCUT2D eigenvalue weighted by Gasteiger charge is 2.12. The Kier molecular flexibility index (Phi) is 4.33. The first-order valence-electron chi connectivity index (χ1n) is 8.22. The van der Waals surface area contributed by atoms with Crippen LogP contribution in [0.3, 0.4) is 0 Å². The zero-order chi connectivity index (χ0) is 16.4. The fourth-order valence-corrected chi connectivity index (χ4v) is 2.70. The van der Waals surface area contributed by atoms with Gasteiger partial charge >= 0.3 is 0 Å². The fraction of sp³-hybridized carbons (Fsp3) is 0.368. The lowest BCUT2D eigenvalue weighted by atomic mass is 10.1. The van der Waals surface area contributed by atoms with Crippen molar-refractivity contribution in [3.8, 4) is 11.5 Å². The normalized spacial score (nSPS) is 12.3. The Morgan fingerprint density at radius 1 is 1.09 bits per heavy atom. The Balaban J connectivity index is 2.22. The van der Waals surface area contributed by atoms with Gasteiger partial charge in [-0.2, -0.15) is 0 Å². The molecule has 1 aromatic rings. The molecule has 0 radical (unpaired) electrons. The number of nitrogens with zero attached hydrogens (tertiary/aromatic N) is 2. The molecule has 120 valence electrons. The van der Waals surface area contributed by atoms with Crippen molar-refractivity contribution in [3.63, 3.8) is 0 Å². The smallest absolute Gasteiger partial charge is 0.155 e. The van der Waals surface area contributed by atoms with Crippen molar-refractivity contribution in [2.45, 2.75) is 34.1 Å². The van der Waals surface area contributed by atoms with E-state index in [0.717, 1.165) is 58.7 Å². The summed E-state index contributed by atoms with van der Waals surface area (Å²) in [5, 5.41) is 4.35. The number of fused-ring (bicyclic) bond motifs is 2. The van der Waals surface area contributed by atoms with Crippen LogP contribution in [0.5, 0.6) is 0 Å². The van der Waals surface area contributed by atoms with Gasteiger partial charge in [0.25, 0.3) is 0 Å². The van der Waals surface area contributed by atoms with Crippen molar-refractivity contribution in [1.29, 1.82) is 0 Å². The van der Waals surface area contributed by atoms with Gasteiger partial charge in [-0.15, -0.1) is 0 Å². The minimum absolute atomic E-state index is 0.782. The highest BCUT2D eigenvalue weighted by atomic mass is 16.3. The van der Waals surface area contributed by atoms with Crippen LogP contribution in [0, 0.1) is 13.8 Å². The molecule has 0 saturated carbocycles. The van der Waals surface area contributed by atoms with E-state index in [4.69, 9.17) is 9.40 Å². The predicted molar refractivity (Wildman–Crippen MR) is 95.0 cm³/mol. The first kappa shape index (κ1) is 15.5. The van der Waals surface area contributed by atoms with Crippen molar-refractivity contribution < 1.29 is 4.42 Å². The summed E-state index contributed by atoms with van der Waals surface area (Å²) in [7, 11) is 0. The van der Waals surface area contributed by atoms with E-state index < -0.39 is 0 Å². The number of hydrogen-bond donors (Lipinski definition) is 1. The van der Waals surface area contributed by atoms with Crippen LogP contribution in [-0.2, 0) is 0 Å². The number of benzene rings is 2. The third-order valence-corrected chi connectivity index (χ3v) is 3.92. The van der Waals surface area contributed by atoms with Crippen molar-refractivity contribution in [1.82, 2.24) is 4.98 Å². The number of nitrogens with one attached hydrogen (secondary N) is 1. The summed E-state index contributed by atoms with van der Waals surface area (Å²) in [4.78, 5) is 9.37. The molecule has 23 heavy (non-hydrogen) atoms. The van der Waals surface area contributed by atoms with Crippen LogP contribution in [0.2, 0.25) is 0 Å². The van der Waals surface area contributed by atoms with Gasteiger partial charge in [0.1, 0.15) is 11.2 Å². The van der Waals surface area contributed by atoms with Crippen molar-refractivity contribution in [2.24, 2.45) is 4.99 Å². The predicted octanol–water partition coefficient (Wildman–Crippen LogP) is 4.29. The maximum atomic E-state index is 6.10. The van der Waals surface area contributed by atoms with Gasteiger partial charge in [0, 0.05) is 30.9 Å². The van der Waals surface area contributed by atoms with E-state index in [1.54, 1.807) is 0 Å². The summed E-state index contributed by atoms with van der Waals surface area (Å²) in [6.45, 7) is 10.1. The van der Waals surface area contributed by atoms with E-state index in [0.29, 0.717) is 0 Å². The first-order valence-corrected chi connectivity index (χ1v) is 8.22. The fourth-order valence-electron chi connectivity index (χ4n) is 2.70. The Bertz CT molecular complexity index is 880. The van der Waals surface area contributed by atoms with E-state index in [1.165, 1.54) is 5.56 Å². The molecule has 1 aromatic carbocycles. The zero-order valence-corrected chi connectivity index (χ0v) is 14.2. The number of aromatic nitrogens is 1. The Labute approximate surface area is 136 Å². The molecule has 1 heterocycles. The maximum Gasteiger partial charge on any atom is 0.155 e. The Hall–Kier alpha value is -2.36. The molecule has 2 aliphatic rings. The van der Waals surface area contributed by atoms with Gasteiger partial charge in [0.05, 0.1) is 5.36 Å². The molecule has 0 fully saturated rings. The van der Waals surface area contributed by atoms with Crippen molar-refractivity contribution in [2.75, 3.05) is 18.4 Å². The van der Waals surface area contributed by atoms with Crippen LogP contribution >= 0.6 is 0 Å². The van der Waals surface area contributed by atoms with Crippen LogP contribution in [0.1, 0.15) is 31.4 Å². The summed E-state index contributed by atoms with van der Waals surface area (Å²) in [5.74, 6) is 0.782. The third-order valence-electron chi connectivity index (χ3n) is 3.92. The molecule has 1 aliphatic heterocycles. The second-order valence-electron chi connectivity index (χ2n) is 5.87. The number of anilines is 1. The topological polar surface area (TPSA) is 50.4 Å². The lowest BCUT2D eigenvalue weighted by molar-refractivity contribution is 0.611. The van der Waals surface area contributed by atoms with Crippen LogP contribution in [0.25, 0.3) is 22.6 Å².